The molecule has 1 atom stereocenters. The molecule has 0 saturated carbocycles. The van der Waals surface area contributed by atoms with E-state index >= 15 is 0 Å². The van der Waals surface area contributed by atoms with Gasteiger partial charge in [-0.25, -0.2) is 4.79 Å². The molecule has 20 heavy (non-hydrogen) atoms. The lowest BCUT2D eigenvalue weighted by molar-refractivity contribution is 0.0789. The number of hydrogen-bond donors (Lipinski definition) is 2. The summed E-state index contributed by atoms with van der Waals surface area (Å²) in [5, 5.41) is 5.74. The molecule has 2 rings (SSSR count). The van der Waals surface area contributed by atoms with Crippen LogP contribution in [0.2, 0.25) is 0 Å². The molecule has 6 nitrogen and oxygen atoms in total. The Balaban J connectivity index is 2.02. The summed E-state index contributed by atoms with van der Waals surface area (Å²) in [7, 11) is 3.12. The van der Waals surface area contributed by atoms with E-state index in [0.29, 0.717) is 18.7 Å². The highest BCUT2D eigenvalue weighted by Crippen LogP contribution is 2.19. The minimum atomic E-state index is -0.458. The number of rotatable bonds is 3. The molecule has 1 aromatic carbocycles. The molecule has 0 bridgehead atoms. The number of ether oxygens (including phenoxy) is 1. The maximum absolute atomic E-state index is 12.5. The Hall–Kier alpha value is -2.24. The van der Waals surface area contributed by atoms with Gasteiger partial charge in [-0.05, 0) is 18.6 Å². The molecule has 0 aromatic heterocycles. The van der Waals surface area contributed by atoms with Crippen LogP contribution in [0.25, 0.3) is 0 Å². The predicted octanol–water partition coefficient (Wildman–Crippen LogP) is 1.30. The number of benzene rings is 1. The number of hydrogen-bond acceptors (Lipinski definition) is 4. The number of carbonyl (C=O) groups excluding carboxylic acids is 2. The van der Waals surface area contributed by atoms with Crippen molar-refractivity contribution in [2.75, 3.05) is 32.6 Å². The molecule has 2 N–H and O–H groups in total. The first-order valence-electron chi connectivity index (χ1n) is 6.56. The van der Waals surface area contributed by atoms with E-state index in [4.69, 9.17) is 0 Å². The van der Waals surface area contributed by atoms with Crippen molar-refractivity contribution in [3.8, 4) is 0 Å². The highest BCUT2D eigenvalue weighted by molar-refractivity contribution is 5.99. The van der Waals surface area contributed by atoms with Gasteiger partial charge in [-0.3, -0.25) is 4.79 Å². The van der Waals surface area contributed by atoms with Crippen LogP contribution in [0, 0.1) is 0 Å². The quantitative estimate of drug-likeness (QED) is 0.873. The summed E-state index contributed by atoms with van der Waals surface area (Å²) in [6, 6.07) is 7.35. The van der Waals surface area contributed by atoms with Crippen LogP contribution in [-0.2, 0) is 4.74 Å². The first-order valence-corrected chi connectivity index (χ1v) is 6.56. The highest BCUT2D eigenvalue weighted by Gasteiger charge is 2.28. The number of carbonyl (C=O) groups is 2. The Labute approximate surface area is 118 Å². The molecule has 6 heteroatoms. The summed E-state index contributed by atoms with van der Waals surface area (Å²) in [6.45, 7) is 1.14. The average Bonchev–Trinajstić information content (AvgIpc) is 2.94. The molecule has 1 aliphatic heterocycles. The van der Waals surface area contributed by atoms with Crippen molar-refractivity contribution in [2.45, 2.75) is 12.5 Å². The zero-order valence-corrected chi connectivity index (χ0v) is 11.7. The topological polar surface area (TPSA) is 70.7 Å². The molecule has 1 fully saturated rings. The van der Waals surface area contributed by atoms with Crippen molar-refractivity contribution >= 4 is 17.7 Å². The second kappa shape index (κ2) is 6.27. The molecule has 2 amide bonds. The second-order valence-corrected chi connectivity index (χ2v) is 4.67. The minimum Gasteiger partial charge on any atom is -0.453 e. The van der Waals surface area contributed by atoms with Crippen molar-refractivity contribution in [2.24, 2.45) is 0 Å². The van der Waals surface area contributed by atoms with Gasteiger partial charge in [-0.2, -0.15) is 0 Å². The molecule has 1 aromatic rings. The molecule has 1 heterocycles. The normalized spacial score (nSPS) is 17.7. The van der Waals surface area contributed by atoms with E-state index in [-0.39, 0.29) is 11.9 Å². The molecule has 108 valence electrons. The SMILES string of the molecule is CNc1ccccc1C(=O)N1CCC(NC(=O)OC)C1. The monoisotopic (exact) mass is 277 g/mol. The molecule has 0 radical (unpaired) electrons. The largest absolute Gasteiger partial charge is 0.453 e. The van der Waals surface area contributed by atoms with Crippen LogP contribution in [0.3, 0.4) is 0 Å². The minimum absolute atomic E-state index is 0.0240. The van der Waals surface area contributed by atoms with Crippen LogP contribution in [0.5, 0.6) is 0 Å². The van der Waals surface area contributed by atoms with E-state index < -0.39 is 6.09 Å². The third kappa shape index (κ3) is 3.01. The van der Waals surface area contributed by atoms with E-state index in [9.17, 15) is 9.59 Å². The van der Waals surface area contributed by atoms with Gasteiger partial charge in [0.25, 0.3) is 5.91 Å². The van der Waals surface area contributed by atoms with E-state index in [0.717, 1.165) is 12.1 Å². The van der Waals surface area contributed by atoms with Crippen LogP contribution >= 0.6 is 0 Å². The first-order chi connectivity index (χ1) is 9.65. The van der Waals surface area contributed by atoms with Crippen molar-refractivity contribution < 1.29 is 14.3 Å². The van der Waals surface area contributed by atoms with E-state index in [1.807, 2.05) is 18.2 Å². The van der Waals surface area contributed by atoms with Gasteiger partial charge in [0.15, 0.2) is 0 Å². The van der Waals surface area contributed by atoms with Crippen molar-refractivity contribution in [1.82, 2.24) is 10.2 Å². The standard InChI is InChI=1S/C14H19N3O3/c1-15-12-6-4-3-5-11(12)13(18)17-8-7-10(9-17)16-14(19)20-2/h3-6,10,15H,7-9H2,1-2H3,(H,16,19). The lowest BCUT2D eigenvalue weighted by Crippen LogP contribution is -2.38. The Kier molecular flexibility index (Phi) is 4.45. The number of anilines is 1. The Bertz CT molecular complexity index is 504. The summed E-state index contributed by atoms with van der Waals surface area (Å²) >= 11 is 0. The van der Waals surface area contributed by atoms with Crippen LogP contribution in [0.15, 0.2) is 24.3 Å². The number of para-hydroxylation sites is 1. The van der Waals surface area contributed by atoms with Gasteiger partial charge in [0.1, 0.15) is 0 Å². The molecule has 1 unspecified atom stereocenters. The third-order valence-electron chi connectivity index (χ3n) is 3.41. The fourth-order valence-electron chi connectivity index (χ4n) is 2.35. The second-order valence-electron chi connectivity index (χ2n) is 4.67. The van der Waals surface area contributed by atoms with E-state index in [2.05, 4.69) is 15.4 Å². The number of methoxy groups -OCH3 is 1. The maximum Gasteiger partial charge on any atom is 0.407 e. The van der Waals surface area contributed by atoms with Crippen LogP contribution in [-0.4, -0.2) is 50.2 Å². The Morgan fingerprint density at radius 3 is 2.80 bits per heavy atom. The molecular weight excluding hydrogens is 258 g/mol. The van der Waals surface area contributed by atoms with E-state index in [1.165, 1.54) is 7.11 Å². The number of alkyl carbamates (subject to hydrolysis) is 1. The number of nitrogens with one attached hydrogen (secondary N) is 2. The third-order valence-corrected chi connectivity index (χ3v) is 3.41. The van der Waals surface area contributed by atoms with Gasteiger partial charge in [0, 0.05) is 25.8 Å². The summed E-state index contributed by atoms with van der Waals surface area (Å²) in [5.41, 5.74) is 1.45. The zero-order chi connectivity index (χ0) is 14.5. The summed E-state index contributed by atoms with van der Waals surface area (Å²) < 4.78 is 4.57. The highest BCUT2D eigenvalue weighted by atomic mass is 16.5. The number of nitrogens with zero attached hydrogens (tertiary/aromatic N) is 1. The maximum atomic E-state index is 12.5. The van der Waals surface area contributed by atoms with Crippen molar-refractivity contribution in [3.63, 3.8) is 0 Å². The summed E-state index contributed by atoms with van der Waals surface area (Å²) in [5.74, 6) is -0.0240. The number of likely N-dealkylation sites (tertiary alicyclic amines) is 1. The fraction of sp³-hybridized carbons (Fsp3) is 0.429. The molecular formula is C14H19N3O3. The summed E-state index contributed by atoms with van der Waals surface area (Å²) in [4.78, 5) is 25.4. The molecule has 1 aliphatic rings. The van der Waals surface area contributed by atoms with Gasteiger partial charge >= 0.3 is 6.09 Å². The van der Waals surface area contributed by atoms with Gasteiger partial charge in [0.2, 0.25) is 0 Å². The van der Waals surface area contributed by atoms with Crippen LogP contribution in [0.4, 0.5) is 10.5 Å². The van der Waals surface area contributed by atoms with E-state index in [1.54, 1.807) is 18.0 Å². The van der Waals surface area contributed by atoms with Crippen LogP contribution < -0.4 is 10.6 Å². The lowest BCUT2D eigenvalue weighted by Gasteiger charge is -2.18. The van der Waals surface area contributed by atoms with Gasteiger partial charge in [-0.15, -0.1) is 0 Å². The van der Waals surface area contributed by atoms with Gasteiger partial charge in [-0.1, -0.05) is 12.1 Å². The Morgan fingerprint density at radius 2 is 2.10 bits per heavy atom. The van der Waals surface area contributed by atoms with Crippen LogP contribution in [0.1, 0.15) is 16.8 Å². The Morgan fingerprint density at radius 1 is 1.35 bits per heavy atom. The molecule has 0 aliphatic carbocycles. The predicted molar refractivity (Wildman–Crippen MR) is 75.8 cm³/mol. The smallest absolute Gasteiger partial charge is 0.407 e. The lowest BCUT2D eigenvalue weighted by atomic mass is 10.1. The van der Waals surface area contributed by atoms with Crippen molar-refractivity contribution in [3.05, 3.63) is 29.8 Å². The zero-order valence-electron chi connectivity index (χ0n) is 11.7. The molecule has 1 saturated heterocycles. The van der Waals surface area contributed by atoms with Gasteiger partial charge < -0.3 is 20.3 Å². The van der Waals surface area contributed by atoms with Gasteiger partial charge in [0.05, 0.1) is 18.7 Å². The first kappa shape index (κ1) is 14.2. The summed E-state index contributed by atoms with van der Waals surface area (Å²) in [6.07, 6.45) is 0.280. The number of amides is 2. The molecule has 0 spiro atoms. The fourth-order valence-corrected chi connectivity index (χ4v) is 2.35. The van der Waals surface area contributed by atoms with Crippen molar-refractivity contribution in [1.29, 1.82) is 0 Å². The average molecular weight is 277 g/mol.